The molecule has 0 radical (unpaired) electrons. The van der Waals surface area contributed by atoms with Crippen LogP contribution in [-0.2, 0) is 19.2 Å². The van der Waals surface area contributed by atoms with Gasteiger partial charge in [0.25, 0.3) is 11.8 Å². The molecule has 1 aromatic carbocycles. The summed E-state index contributed by atoms with van der Waals surface area (Å²) in [6.45, 7) is 0. The first-order chi connectivity index (χ1) is 11.5. The van der Waals surface area contributed by atoms with Crippen LogP contribution in [0.25, 0.3) is 0 Å². The van der Waals surface area contributed by atoms with Gasteiger partial charge in [0.2, 0.25) is 11.8 Å². The van der Waals surface area contributed by atoms with Crippen LogP contribution in [0.2, 0.25) is 0 Å². The van der Waals surface area contributed by atoms with Crippen LogP contribution in [0.5, 0.6) is 0 Å². The predicted octanol–water partition coefficient (Wildman–Crippen LogP) is -0.0234. The molecule has 9 heteroatoms. The highest BCUT2D eigenvalue weighted by Gasteiger charge is 2.47. The molecule has 0 aromatic heterocycles. The SMILES string of the molecule is O=C1N=CNC(=O)C1C(c1cccc(I)c1)C1C(=O)N=CNC1=O. The Morgan fingerprint density at radius 3 is 1.92 bits per heavy atom. The number of hydrogen-bond acceptors (Lipinski definition) is 4. The zero-order valence-corrected chi connectivity index (χ0v) is 14.3. The minimum absolute atomic E-state index is 0.526. The van der Waals surface area contributed by atoms with Gasteiger partial charge in [0.1, 0.15) is 11.8 Å². The number of aliphatic imine (C=N–C) groups is 2. The summed E-state index contributed by atoms with van der Waals surface area (Å²) in [4.78, 5) is 56.1. The molecule has 4 amide bonds. The second-order valence-electron chi connectivity index (χ2n) is 5.25. The molecular weight excluding hydrogens is 427 g/mol. The Hall–Kier alpha value is -2.43. The van der Waals surface area contributed by atoms with E-state index in [2.05, 4.69) is 43.2 Å². The molecule has 2 atom stereocenters. The minimum atomic E-state index is -1.28. The number of carbonyl (C=O) groups is 4. The average Bonchev–Trinajstić information content (AvgIpc) is 2.53. The number of carbonyl (C=O) groups excluding carboxylic acids is 4. The third-order valence-corrected chi connectivity index (χ3v) is 4.52. The van der Waals surface area contributed by atoms with E-state index in [-0.39, 0.29) is 0 Å². The Labute approximate surface area is 150 Å². The summed E-state index contributed by atoms with van der Waals surface area (Å²) >= 11 is 2.07. The number of halogens is 1. The van der Waals surface area contributed by atoms with Crippen molar-refractivity contribution in [2.45, 2.75) is 5.92 Å². The Morgan fingerprint density at radius 2 is 1.46 bits per heavy atom. The van der Waals surface area contributed by atoms with Gasteiger partial charge in [-0.15, -0.1) is 0 Å². The summed E-state index contributed by atoms with van der Waals surface area (Å²) in [5, 5.41) is 4.72. The molecule has 0 spiro atoms. The zero-order chi connectivity index (χ0) is 17.3. The van der Waals surface area contributed by atoms with Crippen molar-refractivity contribution in [1.29, 1.82) is 0 Å². The molecule has 122 valence electrons. The molecule has 2 aliphatic heterocycles. The number of nitrogens with one attached hydrogen (secondary N) is 2. The normalized spacial score (nSPS) is 24.5. The van der Waals surface area contributed by atoms with Gasteiger partial charge in [0.15, 0.2) is 0 Å². The van der Waals surface area contributed by atoms with Crippen LogP contribution in [0.4, 0.5) is 0 Å². The molecule has 3 rings (SSSR count). The molecule has 2 aliphatic rings. The molecule has 0 saturated carbocycles. The van der Waals surface area contributed by atoms with Crippen molar-refractivity contribution < 1.29 is 19.2 Å². The smallest absolute Gasteiger partial charge is 0.260 e. The maximum Gasteiger partial charge on any atom is 0.260 e. The van der Waals surface area contributed by atoms with Crippen molar-refractivity contribution in [2.75, 3.05) is 0 Å². The molecule has 0 aliphatic carbocycles. The van der Waals surface area contributed by atoms with E-state index in [1.54, 1.807) is 18.2 Å². The van der Waals surface area contributed by atoms with Gasteiger partial charge < -0.3 is 10.6 Å². The van der Waals surface area contributed by atoms with E-state index >= 15 is 0 Å². The quantitative estimate of drug-likeness (QED) is 0.510. The summed E-state index contributed by atoms with van der Waals surface area (Å²) in [5.74, 6) is -6.14. The molecule has 0 bridgehead atoms. The van der Waals surface area contributed by atoms with Gasteiger partial charge >= 0.3 is 0 Å². The first-order valence-electron chi connectivity index (χ1n) is 6.98. The van der Waals surface area contributed by atoms with E-state index in [9.17, 15) is 19.2 Å². The Kier molecular flexibility index (Phi) is 4.51. The van der Waals surface area contributed by atoms with Crippen molar-refractivity contribution in [3.8, 4) is 0 Å². The van der Waals surface area contributed by atoms with Crippen molar-refractivity contribution in [1.82, 2.24) is 10.6 Å². The van der Waals surface area contributed by atoms with Gasteiger partial charge in [0.05, 0.1) is 12.7 Å². The van der Waals surface area contributed by atoms with E-state index < -0.39 is 41.4 Å². The van der Waals surface area contributed by atoms with Crippen LogP contribution in [0.1, 0.15) is 11.5 Å². The van der Waals surface area contributed by atoms with Gasteiger partial charge in [-0.2, -0.15) is 0 Å². The van der Waals surface area contributed by atoms with Crippen molar-refractivity contribution >= 4 is 58.9 Å². The third-order valence-electron chi connectivity index (χ3n) is 3.85. The lowest BCUT2D eigenvalue weighted by Crippen LogP contribution is -2.49. The fraction of sp³-hybridized carbons (Fsp3) is 0.200. The van der Waals surface area contributed by atoms with E-state index in [4.69, 9.17) is 0 Å². The molecule has 1 aromatic rings. The fourth-order valence-electron chi connectivity index (χ4n) is 2.81. The average molecular weight is 438 g/mol. The summed E-state index contributed by atoms with van der Waals surface area (Å²) in [6.07, 6.45) is 2.02. The van der Waals surface area contributed by atoms with Gasteiger partial charge in [-0.05, 0) is 40.3 Å². The van der Waals surface area contributed by atoms with Crippen molar-refractivity contribution in [3.63, 3.8) is 0 Å². The highest BCUT2D eigenvalue weighted by Crippen LogP contribution is 2.36. The first kappa shape index (κ1) is 16.4. The van der Waals surface area contributed by atoms with Crippen LogP contribution in [0, 0.1) is 15.4 Å². The van der Waals surface area contributed by atoms with E-state index in [1.165, 1.54) is 0 Å². The lowest BCUT2D eigenvalue weighted by atomic mass is 9.74. The van der Waals surface area contributed by atoms with Crippen molar-refractivity contribution in [2.24, 2.45) is 21.8 Å². The third kappa shape index (κ3) is 2.98. The maximum atomic E-state index is 12.3. The van der Waals surface area contributed by atoms with Crippen LogP contribution in [-0.4, -0.2) is 36.3 Å². The summed E-state index contributed by atoms with van der Waals surface area (Å²) in [6, 6.07) is 6.95. The van der Waals surface area contributed by atoms with Crippen LogP contribution >= 0.6 is 22.6 Å². The van der Waals surface area contributed by atoms with Crippen LogP contribution in [0.3, 0.4) is 0 Å². The van der Waals surface area contributed by atoms with E-state index in [0.29, 0.717) is 5.56 Å². The Bertz CT molecular complexity index is 760. The predicted molar refractivity (Wildman–Crippen MR) is 92.2 cm³/mol. The number of nitrogens with zero attached hydrogens (tertiary/aromatic N) is 2. The molecule has 2 unspecified atom stereocenters. The Morgan fingerprint density at radius 1 is 0.917 bits per heavy atom. The lowest BCUT2D eigenvalue weighted by molar-refractivity contribution is -0.139. The summed E-state index contributed by atoms with van der Waals surface area (Å²) in [5.41, 5.74) is 0.526. The van der Waals surface area contributed by atoms with E-state index in [1.807, 2.05) is 6.07 Å². The summed E-state index contributed by atoms with van der Waals surface area (Å²) in [7, 11) is 0. The van der Waals surface area contributed by atoms with Crippen molar-refractivity contribution in [3.05, 3.63) is 33.4 Å². The largest absolute Gasteiger partial charge is 0.316 e. The summed E-state index contributed by atoms with van der Waals surface area (Å²) < 4.78 is 0.842. The molecule has 24 heavy (non-hydrogen) atoms. The number of rotatable bonds is 3. The van der Waals surface area contributed by atoms with E-state index in [0.717, 1.165) is 16.2 Å². The topological polar surface area (TPSA) is 117 Å². The fourth-order valence-corrected chi connectivity index (χ4v) is 3.38. The van der Waals surface area contributed by atoms with Gasteiger partial charge in [-0.25, -0.2) is 9.98 Å². The van der Waals surface area contributed by atoms with Crippen LogP contribution in [0.15, 0.2) is 34.3 Å². The number of amides is 4. The molecular formula is C15H11IN4O4. The molecule has 2 N–H and O–H groups in total. The monoisotopic (exact) mass is 438 g/mol. The zero-order valence-electron chi connectivity index (χ0n) is 12.1. The minimum Gasteiger partial charge on any atom is -0.316 e. The number of hydrogen-bond donors (Lipinski definition) is 2. The van der Waals surface area contributed by atoms with Gasteiger partial charge in [-0.1, -0.05) is 12.1 Å². The van der Waals surface area contributed by atoms with Crippen LogP contribution < -0.4 is 10.6 Å². The molecule has 8 nitrogen and oxygen atoms in total. The van der Waals surface area contributed by atoms with Gasteiger partial charge in [0, 0.05) is 9.49 Å². The molecule has 0 saturated heterocycles. The highest BCUT2D eigenvalue weighted by molar-refractivity contribution is 14.1. The van der Waals surface area contributed by atoms with Gasteiger partial charge in [-0.3, -0.25) is 19.2 Å². The maximum absolute atomic E-state index is 12.3. The number of benzene rings is 1. The standard InChI is InChI=1S/C15H11IN4O4/c16-8-3-1-2-7(4-8)9(10-12(21)17-5-18-13(10)22)11-14(23)19-6-20-15(11)24/h1-6,9-11H,(H,17,18,21,22)(H,19,20,23,24). The molecule has 2 heterocycles. The Balaban J connectivity index is 2.14. The lowest BCUT2D eigenvalue weighted by Gasteiger charge is -2.31. The molecule has 0 fully saturated rings. The second-order valence-corrected chi connectivity index (χ2v) is 6.49. The highest BCUT2D eigenvalue weighted by atomic mass is 127. The first-order valence-corrected chi connectivity index (χ1v) is 8.06. The second kappa shape index (κ2) is 6.59.